The number of nitrogen functional groups attached to an aromatic ring is 1. The fourth-order valence-corrected chi connectivity index (χ4v) is 3.06. The zero-order valence-electron chi connectivity index (χ0n) is 14.7. The first-order valence-electron chi connectivity index (χ1n) is 8.70. The van der Waals surface area contributed by atoms with Gasteiger partial charge in [-0.2, -0.15) is 0 Å². The summed E-state index contributed by atoms with van der Waals surface area (Å²) in [6, 6.07) is 8.08. The molecule has 1 fully saturated rings. The van der Waals surface area contributed by atoms with E-state index in [1.807, 2.05) is 37.5 Å². The van der Waals surface area contributed by atoms with E-state index in [2.05, 4.69) is 27.5 Å². The van der Waals surface area contributed by atoms with E-state index in [0.29, 0.717) is 0 Å². The minimum Gasteiger partial charge on any atom is -0.491 e. The Balaban J connectivity index is 1.51. The second-order valence-corrected chi connectivity index (χ2v) is 6.64. The second kappa shape index (κ2) is 7.73. The summed E-state index contributed by atoms with van der Waals surface area (Å²) < 4.78 is 8.00. The van der Waals surface area contributed by atoms with Gasteiger partial charge in [-0.3, -0.25) is 4.90 Å². The van der Waals surface area contributed by atoms with Gasteiger partial charge in [0.05, 0.1) is 6.20 Å². The fraction of sp³-hybridized carbons (Fsp3) is 0.474. The Kier molecular flexibility index (Phi) is 5.43. The van der Waals surface area contributed by atoms with Crippen LogP contribution in [0.2, 0.25) is 0 Å². The first-order valence-corrected chi connectivity index (χ1v) is 8.70. The van der Waals surface area contributed by atoms with Gasteiger partial charge in [0.15, 0.2) is 0 Å². The van der Waals surface area contributed by atoms with E-state index in [9.17, 15) is 0 Å². The highest BCUT2D eigenvalue weighted by atomic mass is 16.5. The number of nitrogens with two attached hydrogens (primary N) is 1. The summed E-state index contributed by atoms with van der Waals surface area (Å²) in [7, 11) is 2.20. The quantitative estimate of drug-likeness (QED) is 0.856. The lowest BCUT2D eigenvalue weighted by molar-refractivity contribution is 0.213. The molecule has 1 aromatic carbocycles. The number of likely N-dealkylation sites (N-methyl/N-ethyl adjacent to an activating group) is 1. The number of benzene rings is 1. The topological polar surface area (TPSA) is 46.7 Å². The summed E-state index contributed by atoms with van der Waals surface area (Å²) in [6.07, 6.45) is 5.30. The average molecular weight is 328 g/mol. The van der Waals surface area contributed by atoms with Gasteiger partial charge < -0.3 is 19.9 Å². The van der Waals surface area contributed by atoms with E-state index < -0.39 is 0 Å². The van der Waals surface area contributed by atoms with Crippen LogP contribution in [0.1, 0.15) is 12.0 Å². The van der Waals surface area contributed by atoms with Gasteiger partial charge in [0.25, 0.3) is 0 Å². The molecule has 130 valence electrons. The highest BCUT2D eigenvalue weighted by molar-refractivity contribution is 5.52. The van der Waals surface area contributed by atoms with Crippen LogP contribution in [0.15, 0.2) is 36.7 Å². The maximum absolute atomic E-state index is 5.93. The van der Waals surface area contributed by atoms with Gasteiger partial charge in [-0.15, -0.1) is 0 Å². The molecule has 0 bridgehead atoms. The van der Waals surface area contributed by atoms with Crippen LogP contribution in [0.3, 0.4) is 0 Å². The smallest absolute Gasteiger partial charge is 0.137 e. The van der Waals surface area contributed by atoms with Gasteiger partial charge in [-0.05, 0) is 63.3 Å². The van der Waals surface area contributed by atoms with E-state index in [4.69, 9.17) is 10.5 Å². The lowest BCUT2D eigenvalue weighted by Crippen LogP contribution is -2.32. The summed E-state index contributed by atoms with van der Waals surface area (Å²) in [5.74, 6) is 0.913. The average Bonchev–Trinajstić information content (AvgIpc) is 2.94. The Labute approximate surface area is 144 Å². The molecule has 0 unspecified atom stereocenters. The molecule has 2 aromatic rings. The van der Waals surface area contributed by atoms with Gasteiger partial charge in [0, 0.05) is 37.2 Å². The molecule has 2 heterocycles. The Bertz CT molecular complexity index is 667. The highest BCUT2D eigenvalue weighted by Crippen LogP contribution is 2.20. The largest absolute Gasteiger partial charge is 0.491 e. The summed E-state index contributed by atoms with van der Waals surface area (Å²) in [6.45, 7) is 8.38. The number of rotatable bonds is 5. The molecule has 5 nitrogen and oxygen atoms in total. The standard InChI is InChI=1S/C19H28N4O/c1-16-14-17(4-5-19(16)20)23-9-6-18(15-23)24-13-12-22-8-3-7-21(2)10-11-22/h4-6,9,14-15H,3,7-8,10-13,20H2,1-2H3. The number of nitrogens with zero attached hydrogens (tertiary/aromatic N) is 3. The molecule has 3 rings (SSSR count). The molecule has 1 aliphatic heterocycles. The van der Waals surface area contributed by atoms with Crippen molar-refractivity contribution >= 4 is 5.69 Å². The number of anilines is 1. The van der Waals surface area contributed by atoms with Crippen LogP contribution >= 0.6 is 0 Å². The van der Waals surface area contributed by atoms with Crippen LogP contribution in [0, 0.1) is 6.92 Å². The molecule has 0 saturated carbocycles. The Morgan fingerprint density at radius 2 is 2.00 bits per heavy atom. The predicted molar refractivity (Wildman–Crippen MR) is 99.0 cm³/mol. The van der Waals surface area contributed by atoms with Gasteiger partial charge in [0.2, 0.25) is 0 Å². The summed E-state index contributed by atoms with van der Waals surface area (Å²) in [5.41, 5.74) is 8.91. The molecule has 5 heteroatoms. The normalized spacial score (nSPS) is 16.9. The number of aryl methyl sites for hydroxylation is 1. The molecule has 0 radical (unpaired) electrons. The molecule has 1 aromatic heterocycles. The molecular weight excluding hydrogens is 300 g/mol. The summed E-state index contributed by atoms with van der Waals surface area (Å²) in [5, 5.41) is 0. The minimum atomic E-state index is 0.731. The number of hydrogen-bond donors (Lipinski definition) is 1. The monoisotopic (exact) mass is 328 g/mol. The zero-order chi connectivity index (χ0) is 16.9. The van der Waals surface area contributed by atoms with Crippen LogP contribution in [0.5, 0.6) is 5.75 Å². The van der Waals surface area contributed by atoms with E-state index >= 15 is 0 Å². The molecule has 0 spiro atoms. The number of hydrogen-bond acceptors (Lipinski definition) is 4. The van der Waals surface area contributed by atoms with Gasteiger partial charge in [0.1, 0.15) is 12.4 Å². The summed E-state index contributed by atoms with van der Waals surface area (Å²) >= 11 is 0. The van der Waals surface area contributed by atoms with Crippen LogP contribution in [0.4, 0.5) is 5.69 Å². The van der Waals surface area contributed by atoms with Crippen molar-refractivity contribution in [1.29, 1.82) is 0 Å². The van der Waals surface area contributed by atoms with Crippen molar-refractivity contribution in [3.05, 3.63) is 42.2 Å². The zero-order valence-corrected chi connectivity index (χ0v) is 14.7. The van der Waals surface area contributed by atoms with E-state index in [1.54, 1.807) is 0 Å². The fourth-order valence-electron chi connectivity index (χ4n) is 3.06. The lowest BCUT2D eigenvalue weighted by atomic mass is 10.2. The molecule has 2 N–H and O–H groups in total. The molecule has 0 atom stereocenters. The molecule has 0 amide bonds. The predicted octanol–water partition coefficient (Wildman–Crippen LogP) is 2.38. The van der Waals surface area contributed by atoms with Crippen LogP contribution in [-0.4, -0.2) is 60.7 Å². The highest BCUT2D eigenvalue weighted by Gasteiger charge is 2.11. The maximum Gasteiger partial charge on any atom is 0.137 e. The van der Waals surface area contributed by atoms with Crippen LogP contribution in [-0.2, 0) is 0 Å². The maximum atomic E-state index is 5.93. The molecule has 24 heavy (non-hydrogen) atoms. The molecule has 1 aliphatic rings. The SMILES string of the molecule is Cc1cc(-n2ccc(OCCN3CCCN(C)CC3)c2)ccc1N. The van der Waals surface area contributed by atoms with Crippen molar-refractivity contribution in [2.24, 2.45) is 0 Å². The van der Waals surface area contributed by atoms with E-state index in [-0.39, 0.29) is 0 Å². The first-order chi connectivity index (χ1) is 11.6. The van der Waals surface area contributed by atoms with Crippen molar-refractivity contribution in [1.82, 2.24) is 14.4 Å². The molecule has 1 saturated heterocycles. The number of ether oxygens (including phenoxy) is 1. The molecular formula is C19H28N4O. The van der Waals surface area contributed by atoms with Crippen molar-refractivity contribution in [3.63, 3.8) is 0 Å². The number of aromatic nitrogens is 1. The second-order valence-electron chi connectivity index (χ2n) is 6.64. The Morgan fingerprint density at radius 1 is 1.12 bits per heavy atom. The minimum absolute atomic E-state index is 0.731. The van der Waals surface area contributed by atoms with E-state index in [1.165, 1.54) is 19.5 Å². The van der Waals surface area contributed by atoms with Crippen molar-refractivity contribution in [2.45, 2.75) is 13.3 Å². The Morgan fingerprint density at radius 3 is 2.83 bits per heavy atom. The van der Waals surface area contributed by atoms with Gasteiger partial charge >= 0.3 is 0 Å². The van der Waals surface area contributed by atoms with Crippen molar-refractivity contribution in [3.8, 4) is 11.4 Å². The van der Waals surface area contributed by atoms with Crippen molar-refractivity contribution < 1.29 is 4.74 Å². The third kappa shape index (κ3) is 4.30. The van der Waals surface area contributed by atoms with E-state index in [0.717, 1.165) is 48.9 Å². The third-order valence-corrected chi connectivity index (χ3v) is 4.71. The summed E-state index contributed by atoms with van der Waals surface area (Å²) in [4.78, 5) is 4.89. The first kappa shape index (κ1) is 16.9. The van der Waals surface area contributed by atoms with Crippen LogP contribution in [0.25, 0.3) is 5.69 Å². The Hall–Kier alpha value is -1.98. The van der Waals surface area contributed by atoms with Gasteiger partial charge in [-0.25, -0.2) is 0 Å². The third-order valence-electron chi connectivity index (χ3n) is 4.71. The molecule has 0 aliphatic carbocycles. The van der Waals surface area contributed by atoms with Gasteiger partial charge in [-0.1, -0.05) is 0 Å². The lowest BCUT2D eigenvalue weighted by Gasteiger charge is -2.19. The van der Waals surface area contributed by atoms with Crippen molar-refractivity contribution in [2.75, 3.05) is 52.1 Å². The van der Waals surface area contributed by atoms with Crippen LogP contribution < -0.4 is 10.5 Å².